The number of nitrogens with one attached hydrogen (secondary N) is 1. The Balaban J connectivity index is 2.56. The van der Waals surface area contributed by atoms with E-state index in [1.54, 1.807) is 38.1 Å². The lowest BCUT2D eigenvalue weighted by Gasteiger charge is -2.24. The van der Waals surface area contributed by atoms with E-state index in [2.05, 4.69) is 4.72 Å². The molecule has 0 aliphatic heterocycles. The van der Waals surface area contributed by atoms with Gasteiger partial charge in [0.1, 0.15) is 0 Å². The van der Waals surface area contributed by atoms with Crippen LogP contribution in [0.2, 0.25) is 0 Å². The molecule has 0 amide bonds. The maximum Gasteiger partial charge on any atom is 0.242 e. The molecule has 106 valence electrons. The zero-order chi connectivity index (χ0) is 15.0. The van der Waals surface area contributed by atoms with Crippen LogP contribution >= 0.6 is 12.2 Å². The van der Waals surface area contributed by atoms with Crippen molar-refractivity contribution in [1.82, 2.24) is 4.72 Å². The Kier molecular flexibility index (Phi) is 3.82. The van der Waals surface area contributed by atoms with Gasteiger partial charge in [0, 0.05) is 5.39 Å². The second-order valence-electron chi connectivity index (χ2n) is 5.07. The Labute approximate surface area is 124 Å². The predicted octanol–water partition coefficient (Wildman–Crippen LogP) is 2.18. The molecular formula is C14H16N2O2S2. The van der Waals surface area contributed by atoms with Crippen molar-refractivity contribution in [3.8, 4) is 0 Å². The summed E-state index contributed by atoms with van der Waals surface area (Å²) in [6.45, 7) is 3.27. The van der Waals surface area contributed by atoms with E-state index in [-0.39, 0.29) is 9.88 Å². The highest BCUT2D eigenvalue weighted by atomic mass is 32.2. The zero-order valence-electron chi connectivity index (χ0n) is 11.3. The summed E-state index contributed by atoms with van der Waals surface area (Å²) in [5.74, 6) is 0. The summed E-state index contributed by atoms with van der Waals surface area (Å²) in [7, 11) is -3.71. The molecule has 0 radical (unpaired) electrons. The van der Waals surface area contributed by atoms with Gasteiger partial charge >= 0.3 is 0 Å². The summed E-state index contributed by atoms with van der Waals surface area (Å²) < 4.78 is 27.6. The number of rotatable bonds is 4. The van der Waals surface area contributed by atoms with Gasteiger partial charge in [-0.3, -0.25) is 0 Å². The molecule has 0 bridgehead atoms. The first-order valence-electron chi connectivity index (χ1n) is 6.06. The first-order valence-corrected chi connectivity index (χ1v) is 7.95. The van der Waals surface area contributed by atoms with Crippen molar-refractivity contribution in [1.29, 1.82) is 0 Å². The largest absolute Gasteiger partial charge is 0.392 e. The maximum absolute atomic E-state index is 12.5. The lowest BCUT2D eigenvalue weighted by atomic mass is 10.1. The van der Waals surface area contributed by atoms with Crippen LogP contribution in [0, 0.1) is 0 Å². The maximum atomic E-state index is 12.5. The fourth-order valence-corrected chi connectivity index (χ4v) is 3.61. The third-order valence-corrected chi connectivity index (χ3v) is 5.27. The molecule has 0 spiro atoms. The van der Waals surface area contributed by atoms with Gasteiger partial charge in [-0.25, -0.2) is 8.42 Å². The number of nitrogens with two attached hydrogens (primary N) is 1. The van der Waals surface area contributed by atoms with Crippen molar-refractivity contribution < 1.29 is 8.42 Å². The van der Waals surface area contributed by atoms with Gasteiger partial charge in [-0.2, -0.15) is 4.72 Å². The minimum Gasteiger partial charge on any atom is -0.392 e. The van der Waals surface area contributed by atoms with E-state index in [1.165, 1.54) is 0 Å². The van der Waals surface area contributed by atoms with Gasteiger partial charge in [0.05, 0.1) is 15.4 Å². The van der Waals surface area contributed by atoms with Gasteiger partial charge in [0.2, 0.25) is 10.0 Å². The first-order chi connectivity index (χ1) is 9.24. The first kappa shape index (κ1) is 14.9. The molecule has 0 unspecified atom stereocenters. The molecule has 0 fully saturated rings. The van der Waals surface area contributed by atoms with Gasteiger partial charge in [0.15, 0.2) is 0 Å². The normalized spacial score (nSPS) is 12.5. The van der Waals surface area contributed by atoms with E-state index in [0.717, 1.165) is 5.39 Å². The number of hydrogen-bond donors (Lipinski definition) is 2. The smallest absolute Gasteiger partial charge is 0.242 e. The predicted molar refractivity (Wildman–Crippen MR) is 85.1 cm³/mol. The Hall–Kier alpha value is -1.50. The summed E-state index contributed by atoms with van der Waals surface area (Å²) >= 11 is 4.90. The molecule has 2 aromatic carbocycles. The summed E-state index contributed by atoms with van der Waals surface area (Å²) in [6, 6.07) is 12.5. The van der Waals surface area contributed by atoms with E-state index in [9.17, 15) is 8.42 Å². The van der Waals surface area contributed by atoms with E-state index in [1.807, 2.05) is 18.2 Å². The summed E-state index contributed by atoms with van der Waals surface area (Å²) in [4.78, 5) is 0.321. The monoisotopic (exact) mass is 308 g/mol. The van der Waals surface area contributed by atoms with Crippen molar-refractivity contribution in [2.75, 3.05) is 0 Å². The molecule has 0 aromatic heterocycles. The van der Waals surface area contributed by atoms with Crippen LogP contribution in [-0.4, -0.2) is 18.9 Å². The molecule has 2 rings (SSSR count). The van der Waals surface area contributed by atoms with Crippen LogP contribution in [-0.2, 0) is 10.0 Å². The molecule has 2 aromatic rings. The summed E-state index contributed by atoms with van der Waals surface area (Å²) in [6.07, 6.45) is 0. The third-order valence-electron chi connectivity index (χ3n) is 3.04. The molecule has 0 aliphatic rings. The zero-order valence-corrected chi connectivity index (χ0v) is 12.9. The summed E-state index contributed by atoms with van der Waals surface area (Å²) in [5.41, 5.74) is 4.59. The SMILES string of the molecule is CC(C)(NS(=O)(=O)c1cccc2ccccc12)C(N)=S. The third kappa shape index (κ3) is 2.82. The molecule has 20 heavy (non-hydrogen) atoms. The molecule has 0 heterocycles. The molecular weight excluding hydrogens is 292 g/mol. The average Bonchev–Trinajstić information content (AvgIpc) is 2.36. The van der Waals surface area contributed by atoms with E-state index in [4.69, 9.17) is 18.0 Å². The highest BCUT2D eigenvalue weighted by Gasteiger charge is 2.29. The molecule has 4 nitrogen and oxygen atoms in total. The lowest BCUT2D eigenvalue weighted by Crippen LogP contribution is -2.51. The van der Waals surface area contributed by atoms with Gasteiger partial charge < -0.3 is 5.73 Å². The van der Waals surface area contributed by atoms with Gasteiger partial charge in [-0.05, 0) is 25.3 Å². The van der Waals surface area contributed by atoms with Crippen molar-refractivity contribution in [2.24, 2.45) is 5.73 Å². The van der Waals surface area contributed by atoms with Crippen LogP contribution in [0.4, 0.5) is 0 Å². The standard InChI is InChI=1S/C14H16N2O2S2/c1-14(2,13(15)19)16-20(17,18)12-9-5-7-10-6-3-4-8-11(10)12/h3-9,16H,1-2H3,(H2,15,19). The minimum absolute atomic E-state index is 0.0984. The van der Waals surface area contributed by atoms with Crippen LogP contribution in [0.25, 0.3) is 10.8 Å². The fourth-order valence-electron chi connectivity index (χ4n) is 1.87. The van der Waals surface area contributed by atoms with Crippen molar-refractivity contribution >= 4 is 38.0 Å². The quantitative estimate of drug-likeness (QED) is 0.849. The van der Waals surface area contributed by atoms with Crippen LogP contribution in [0.1, 0.15) is 13.8 Å². The lowest BCUT2D eigenvalue weighted by molar-refractivity contribution is 0.547. The highest BCUT2D eigenvalue weighted by molar-refractivity contribution is 7.90. The van der Waals surface area contributed by atoms with Gasteiger partial charge in [-0.15, -0.1) is 0 Å². The minimum atomic E-state index is -3.71. The van der Waals surface area contributed by atoms with Crippen LogP contribution in [0.3, 0.4) is 0 Å². The molecule has 0 aliphatic carbocycles. The number of fused-ring (bicyclic) bond motifs is 1. The van der Waals surface area contributed by atoms with Crippen LogP contribution < -0.4 is 10.5 Å². The van der Waals surface area contributed by atoms with Gasteiger partial charge in [0.25, 0.3) is 0 Å². The molecule has 0 atom stereocenters. The average molecular weight is 308 g/mol. The van der Waals surface area contributed by atoms with E-state index >= 15 is 0 Å². The molecule has 6 heteroatoms. The fraction of sp³-hybridized carbons (Fsp3) is 0.214. The van der Waals surface area contributed by atoms with Crippen molar-refractivity contribution in [3.05, 3.63) is 42.5 Å². The molecule has 0 saturated heterocycles. The second-order valence-corrected chi connectivity index (χ2v) is 7.16. The van der Waals surface area contributed by atoms with Gasteiger partial charge in [-0.1, -0.05) is 48.6 Å². The topological polar surface area (TPSA) is 72.2 Å². The van der Waals surface area contributed by atoms with Crippen LogP contribution in [0.15, 0.2) is 47.4 Å². The Morgan fingerprint density at radius 2 is 1.75 bits per heavy atom. The number of sulfonamides is 1. The Bertz CT molecular complexity index is 762. The van der Waals surface area contributed by atoms with Crippen molar-refractivity contribution in [2.45, 2.75) is 24.3 Å². The Morgan fingerprint density at radius 1 is 1.15 bits per heavy atom. The number of thiocarbonyl (C=S) groups is 1. The molecule has 0 saturated carbocycles. The Morgan fingerprint density at radius 3 is 2.40 bits per heavy atom. The van der Waals surface area contributed by atoms with E-state index < -0.39 is 15.6 Å². The molecule has 3 N–H and O–H groups in total. The van der Waals surface area contributed by atoms with Crippen LogP contribution in [0.5, 0.6) is 0 Å². The van der Waals surface area contributed by atoms with E-state index in [0.29, 0.717) is 5.39 Å². The number of benzene rings is 2. The van der Waals surface area contributed by atoms with Crippen molar-refractivity contribution in [3.63, 3.8) is 0 Å². The highest BCUT2D eigenvalue weighted by Crippen LogP contribution is 2.23. The number of hydrogen-bond acceptors (Lipinski definition) is 3. The summed E-state index contributed by atoms with van der Waals surface area (Å²) in [5, 5.41) is 1.53. The second kappa shape index (κ2) is 5.12.